The van der Waals surface area contributed by atoms with Gasteiger partial charge in [0.2, 0.25) is 0 Å². The molecule has 0 unspecified atom stereocenters. The molecule has 0 amide bonds. The van der Waals surface area contributed by atoms with Crippen LogP contribution in [0.4, 0.5) is 11.4 Å². The van der Waals surface area contributed by atoms with Crippen molar-refractivity contribution in [2.75, 3.05) is 36.5 Å². The van der Waals surface area contributed by atoms with Gasteiger partial charge in [-0.2, -0.15) is 0 Å². The van der Waals surface area contributed by atoms with Crippen molar-refractivity contribution >= 4 is 24.5 Å². The molecule has 28 heavy (non-hydrogen) atoms. The lowest BCUT2D eigenvalue weighted by Gasteiger charge is -2.39. The van der Waals surface area contributed by atoms with Gasteiger partial charge in [-0.1, -0.05) is 6.42 Å². The minimum absolute atomic E-state index is 0.102. The molecule has 1 aliphatic heterocycles. The van der Waals surface area contributed by atoms with Gasteiger partial charge >= 0.3 is 13.1 Å². The van der Waals surface area contributed by atoms with Crippen molar-refractivity contribution in [3.63, 3.8) is 0 Å². The first-order chi connectivity index (χ1) is 12.9. The van der Waals surface area contributed by atoms with Crippen LogP contribution in [-0.2, 0) is 4.79 Å². The summed E-state index contributed by atoms with van der Waals surface area (Å²) in [5.41, 5.74) is 8.89. The maximum atomic E-state index is 12.3. The fourth-order valence-electron chi connectivity index (χ4n) is 3.66. The fraction of sp³-hybridized carbons (Fsp3) is 0.706. The van der Waals surface area contributed by atoms with Crippen molar-refractivity contribution in [1.29, 1.82) is 0 Å². The summed E-state index contributed by atoms with van der Waals surface area (Å²) >= 11 is 0. The summed E-state index contributed by atoms with van der Waals surface area (Å²) in [6, 6.07) is 0. The maximum absolute atomic E-state index is 12.3. The SMILES string of the molecule is CN(c1c(N2C[C@H](CCCB(O)O)[C@](N)(C(=O)O)C2)c(=O)c1=O)C(C)(C)CN. The lowest BCUT2D eigenvalue weighted by atomic mass is 9.78. The fourth-order valence-corrected chi connectivity index (χ4v) is 3.66. The zero-order valence-electron chi connectivity index (χ0n) is 16.5. The standard InChI is InChI=1S/C17H29BN4O6/c1-16(2,8-19)21(3)11-12(14(24)13(11)23)22-7-10(5-4-6-18(27)28)17(20,9-22)15(25)26/h10,27-28H,4-9,19-20H2,1-3H3,(H,25,26)/t10-,17-/m0/s1. The van der Waals surface area contributed by atoms with Crippen LogP contribution in [-0.4, -0.2) is 66.0 Å². The van der Waals surface area contributed by atoms with Crippen LogP contribution in [0.1, 0.15) is 26.7 Å². The topological polar surface area (TPSA) is 170 Å². The summed E-state index contributed by atoms with van der Waals surface area (Å²) in [7, 11) is 0.206. The monoisotopic (exact) mass is 396 g/mol. The van der Waals surface area contributed by atoms with E-state index in [-0.39, 0.29) is 37.3 Å². The minimum atomic E-state index is -1.60. The van der Waals surface area contributed by atoms with Crippen LogP contribution < -0.4 is 32.1 Å². The Balaban J connectivity index is 2.32. The summed E-state index contributed by atoms with van der Waals surface area (Å²) in [5, 5.41) is 27.7. The number of hydrogen-bond acceptors (Lipinski definition) is 9. The Morgan fingerprint density at radius 1 is 1.36 bits per heavy atom. The number of rotatable bonds is 9. The highest BCUT2D eigenvalue weighted by molar-refractivity contribution is 6.40. The predicted molar refractivity (Wildman–Crippen MR) is 107 cm³/mol. The van der Waals surface area contributed by atoms with E-state index < -0.39 is 40.9 Å². The molecular weight excluding hydrogens is 367 g/mol. The Labute approximate surface area is 163 Å². The van der Waals surface area contributed by atoms with Crippen LogP contribution in [0.15, 0.2) is 9.59 Å². The third-order valence-electron chi connectivity index (χ3n) is 5.95. The third kappa shape index (κ3) is 3.79. The third-order valence-corrected chi connectivity index (χ3v) is 5.95. The first-order valence-electron chi connectivity index (χ1n) is 9.27. The van der Waals surface area contributed by atoms with Crippen molar-refractivity contribution in [3.05, 3.63) is 20.4 Å². The molecule has 1 saturated heterocycles. The molecule has 0 radical (unpaired) electrons. The normalized spacial score (nSPS) is 22.7. The van der Waals surface area contributed by atoms with E-state index in [4.69, 9.17) is 21.5 Å². The highest BCUT2D eigenvalue weighted by atomic mass is 16.4. The summed E-state index contributed by atoms with van der Waals surface area (Å²) in [6.45, 7) is 4.02. The quantitative estimate of drug-likeness (QED) is 0.231. The number of nitrogens with zero attached hydrogens (tertiary/aromatic N) is 2. The second-order valence-corrected chi connectivity index (χ2v) is 8.27. The molecule has 7 N–H and O–H groups in total. The molecule has 2 rings (SSSR count). The van der Waals surface area contributed by atoms with E-state index in [0.717, 1.165) is 0 Å². The molecule has 0 saturated carbocycles. The van der Waals surface area contributed by atoms with Gasteiger partial charge in [0.25, 0.3) is 10.9 Å². The molecule has 11 heteroatoms. The van der Waals surface area contributed by atoms with Crippen LogP contribution in [0, 0.1) is 5.92 Å². The second-order valence-electron chi connectivity index (χ2n) is 8.27. The second kappa shape index (κ2) is 7.82. The van der Waals surface area contributed by atoms with Crippen molar-refractivity contribution < 1.29 is 19.9 Å². The van der Waals surface area contributed by atoms with Gasteiger partial charge in [-0.25, -0.2) is 0 Å². The van der Waals surface area contributed by atoms with Crippen LogP contribution in [0.5, 0.6) is 0 Å². The number of nitrogens with two attached hydrogens (primary N) is 2. The molecule has 156 valence electrons. The number of carbonyl (C=O) groups is 1. The Kier molecular flexibility index (Phi) is 6.24. The largest absolute Gasteiger partial charge is 0.480 e. The van der Waals surface area contributed by atoms with E-state index >= 15 is 0 Å². The number of aliphatic carboxylic acids is 1. The van der Waals surface area contributed by atoms with Crippen molar-refractivity contribution in [2.45, 2.75) is 44.1 Å². The predicted octanol–water partition coefficient (Wildman–Crippen LogP) is -2.07. The van der Waals surface area contributed by atoms with E-state index in [1.54, 1.807) is 16.8 Å². The first kappa shape index (κ1) is 22.3. The molecule has 1 aromatic rings. The Morgan fingerprint density at radius 3 is 2.46 bits per heavy atom. The van der Waals surface area contributed by atoms with E-state index in [1.165, 1.54) is 0 Å². The van der Waals surface area contributed by atoms with Crippen LogP contribution in [0.25, 0.3) is 0 Å². The van der Waals surface area contributed by atoms with Gasteiger partial charge in [0.05, 0.1) is 0 Å². The number of likely N-dealkylation sites (N-methyl/N-ethyl adjacent to an activating group) is 1. The highest BCUT2D eigenvalue weighted by Crippen LogP contribution is 2.37. The molecule has 1 aromatic carbocycles. The number of anilines is 2. The van der Waals surface area contributed by atoms with Gasteiger partial charge < -0.3 is 36.4 Å². The average Bonchev–Trinajstić information content (AvgIpc) is 2.95. The van der Waals surface area contributed by atoms with Gasteiger partial charge in [0.1, 0.15) is 16.9 Å². The molecular formula is C17H29BN4O6. The van der Waals surface area contributed by atoms with Crippen LogP contribution in [0.2, 0.25) is 6.32 Å². The summed E-state index contributed by atoms with van der Waals surface area (Å²) in [6.07, 6.45) is 0.831. The van der Waals surface area contributed by atoms with Gasteiger partial charge in [-0.15, -0.1) is 0 Å². The summed E-state index contributed by atoms with van der Waals surface area (Å²) in [5.74, 6) is -1.70. The van der Waals surface area contributed by atoms with E-state index in [0.29, 0.717) is 12.8 Å². The van der Waals surface area contributed by atoms with Crippen LogP contribution in [0.3, 0.4) is 0 Å². The maximum Gasteiger partial charge on any atom is 0.451 e. The van der Waals surface area contributed by atoms with Crippen molar-refractivity contribution in [1.82, 2.24) is 0 Å². The summed E-state index contributed by atoms with van der Waals surface area (Å²) < 4.78 is 0. The number of carboxylic acid groups (broad SMARTS) is 1. The van der Waals surface area contributed by atoms with Gasteiger partial charge in [-0.3, -0.25) is 14.4 Å². The molecule has 0 spiro atoms. The molecule has 2 atom stereocenters. The first-order valence-corrected chi connectivity index (χ1v) is 9.27. The number of carboxylic acids is 1. The van der Waals surface area contributed by atoms with Crippen molar-refractivity contribution in [2.24, 2.45) is 17.4 Å². The zero-order valence-corrected chi connectivity index (χ0v) is 16.5. The molecule has 0 aliphatic carbocycles. The van der Waals surface area contributed by atoms with E-state index in [9.17, 15) is 19.5 Å². The van der Waals surface area contributed by atoms with Gasteiger partial charge in [-0.05, 0) is 26.6 Å². The number of hydrogen-bond donors (Lipinski definition) is 5. The Bertz CT molecular complexity index is 806. The van der Waals surface area contributed by atoms with Gasteiger partial charge in [0.15, 0.2) is 0 Å². The summed E-state index contributed by atoms with van der Waals surface area (Å²) in [4.78, 5) is 39.6. The lowest BCUT2D eigenvalue weighted by Crippen LogP contribution is -2.56. The lowest BCUT2D eigenvalue weighted by molar-refractivity contribution is -0.144. The molecule has 1 aliphatic rings. The Hall–Kier alpha value is -1.95. The molecule has 0 aromatic heterocycles. The average molecular weight is 396 g/mol. The molecule has 0 bridgehead atoms. The minimum Gasteiger partial charge on any atom is -0.480 e. The van der Waals surface area contributed by atoms with Crippen LogP contribution >= 0.6 is 0 Å². The highest BCUT2D eigenvalue weighted by Gasteiger charge is 2.51. The van der Waals surface area contributed by atoms with E-state index in [2.05, 4.69) is 0 Å². The van der Waals surface area contributed by atoms with E-state index in [1.807, 2.05) is 13.8 Å². The van der Waals surface area contributed by atoms with Gasteiger partial charge in [0, 0.05) is 38.1 Å². The molecule has 1 heterocycles. The Morgan fingerprint density at radius 2 is 1.96 bits per heavy atom. The molecule has 1 fully saturated rings. The molecule has 10 nitrogen and oxygen atoms in total. The smallest absolute Gasteiger partial charge is 0.451 e. The zero-order chi connectivity index (χ0) is 21.4. The van der Waals surface area contributed by atoms with Crippen molar-refractivity contribution in [3.8, 4) is 0 Å².